The first-order valence-corrected chi connectivity index (χ1v) is 7.74. The van der Waals surface area contributed by atoms with Crippen LogP contribution in [0.2, 0.25) is 0 Å². The van der Waals surface area contributed by atoms with Crippen LogP contribution in [0.25, 0.3) is 0 Å². The van der Waals surface area contributed by atoms with E-state index in [1.165, 1.54) is 5.56 Å². The summed E-state index contributed by atoms with van der Waals surface area (Å²) in [5, 5.41) is 3.32. The van der Waals surface area contributed by atoms with Crippen molar-refractivity contribution in [2.75, 3.05) is 17.3 Å². The fourth-order valence-electron chi connectivity index (χ4n) is 2.45. The van der Waals surface area contributed by atoms with Crippen LogP contribution in [0.4, 0.5) is 23.1 Å². The largest absolute Gasteiger partial charge is 0.329 e. The maximum atomic E-state index is 4.62. The van der Waals surface area contributed by atoms with E-state index in [1.54, 1.807) is 6.20 Å². The monoisotopic (exact) mass is 304 g/mol. The van der Waals surface area contributed by atoms with Crippen LogP contribution in [0.1, 0.15) is 12.5 Å². The molecule has 0 spiro atoms. The molecule has 0 atom stereocenters. The van der Waals surface area contributed by atoms with Gasteiger partial charge >= 0.3 is 0 Å². The number of para-hydroxylation sites is 2. The SMILES string of the molecule is CCc1ccccc1Nc1nccc(N(C)c2ccccc2)n1. The maximum absolute atomic E-state index is 4.62. The van der Waals surface area contributed by atoms with E-state index in [0.29, 0.717) is 5.95 Å². The first-order chi connectivity index (χ1) is 11.3. The van der Waals surface area contributed by atoms with Crippen LogP contribution in [0.15, 0.2) is 66.9 Å². The molecule has 0 radical (unpaired) electrons. The average molecular weight is 304 g/mol. The summed E-state index contributed by atoms with van der Waals surface area (Å²) in [6.45, 7) is 2.14. The minimum atomic E-state index is 0.603. The number of hydrogen-bond donors (Lipinski definition) is 1. The van der Waals surface area contributed by atoms with Crippen molar-refractivity contribution in [1.29, 1.82) is 0 Å². The molecule has 0 aliphatic carbocycles. The summed E-state index contributed by atoms with van der Waals surface area (Å²) in [6.07, 6.45) is 2.74. The summed E-state index contributed by atoms with van der Waals surface area (Å²) in [4.78, 5) is 11.0. The molecule has 0 unspecified atom stereocenters. The van der Waals surface area contributed by atoms with E-state index in [4.69, 9.17) is 0 Å². The molecule has 0 fully saturated rings. The van der Waals surface area contributed by atoms with Crippen molar-refractivity contribution in [3.8, 4) is 0 Å². The van der Waals surface area contributed by atoms with Gasteiger partial charge in [0, 0.05) is 24.6 Å². The van der Waals surface area contributed by atoms with Gasteiger partial charge in [-0.1, -0.05) is 43.3 Å². The normalized spacial score (nSPS) is 10.3. The minimum absolute atomic E-state index is 0.603. The van der Waals surface area contributed by atoms with E-state index in [2.05, 4.69) is 46.5 Å². The highest BCUT2D eigenvalue weighted by molar-refractivity contribution is 5.62. The lowest BCUT2D eigenvalue weighted by Gasteiger charge is -2.19. The Morgan fingerprint density at radius 2 is 1.70 bits per heavy atom. The molecule has 2 aromatic carbocycles. The lowest BCUT2D eigenvalue weighted by atomic mass is 10.1. The van der Waals surface area contributed by atoms with Crippen LogP contribution < -0.4 is 10.2 Å². The van der Waals surface area contributed by atoms with Gasteiger partial charge in [-0.3, -0.25) is 0 Å². The van der Waals surface area contributed by atoms with Crippen LogP contribution in [-0.4, -0.2) is 17.0 Å². The van der Waals surface area contributed by atoms with E-state index in [-0.39, 0.29) is 0 Å². The Bertz CT molecular complexity index is 771. The van der Waals surface area contributed by atoms with Crippen molar-refractivity contribution in [3.63, 3.8) is 0 Å². The molecule has 0 saturated carbocycles. The van der Waals surface area contributed by atoms with Gasteiger partial charge in [0.05, 0.1) is 0 Å². The van der Waals surface area contributed by atoms with E-state index in [0.717, 1.165) is 23.6 Å². The summed E-state index contributed by atoms with van der Waals surface area (Å²) >= 11 is 0. The summed E-state index contributed by atoms with van der Waals surface area (Å²) in [5.74, 6) is 1.45. The van der Waals surface area contributed by atoms with Gasteiger partial charge in [-0.2, -0.15) is 4.98 Å². The van der Waals surface area contributed by atoms with Crippen molar-refractivity contribution >= 4 is 23.1 Å². The molecule has 1 N–H and O–H groups in total. The first kappa shape index (κ1) is 15.0. The molecule has 3 rings (SSSR count). The zero-order valence-corrected chi connectivity index (χ0v) is 13.4. The van der Waals surface area contributed by atoms with Crippen molar-refractivity contribution in [1.82, 2.24) is 9.97 Å². The Labute approximate surface area is 136 Å². The molecule has 1 aromatic heterocycles. The van der Waals surface area contributed by atoms with Crippen molar-refractivity contribution in [2.24, 2.45) is 0 Å². The Morgan fingerprint density at radius 3 is 2.48 bits per heavy atom. The van der Waals surface area contributed by atoms with E-state index in [9.17, 15) is 0 Å². The Balaban J connectivity index is 1.85. The molecule has 0 bridgehead atoms. The summed E-state index contributed by atoms with van der Waals surface area (Å²) in [7, 11) is 2.00. The lowest BCUT2D eigenvalue weighted by Crippen LogP contribution is -2.12. The van der Waals surface area contributed by atoms with Crippen molar-refractivity contribution in [2.45, 2.75) is 13.3 Å². The smallest absolute Gasteiger partial charge is 0.229 e. The second-order valence-electron chi connectivity index (χ2n) is 5.27. The second-order valence-corrected chi connectivity index (χ2v) is 5.27. The second kappa shape index (κ2) is 6.92. The Morgan fingerprint density at radius 1 is 0.957 bits per heavy atom. The highest BCUT2D eigenvalue weighted by Crippen LogP contribution is 2.23. The third kappa shape index (κ3) is 3.48. The quantitative estimate of drug-likeness (QED) is 0.750. The predicted octanol–water partition coefficient (Wildman–Crippen LogP) is 4.55. The van der Waals surface area contributed by atoms with Crippen LogP contribution in [0.3, 0.4) is 0 Å². The number of hydrogen-bond acceptors (Lipinski definition) is 4. The van der Waals surface area contributed by atoms with Crippen molar-refractivity contribution in [3.05, 3.63) is 72.4 Å². The molecular weight excluding hydrogens is 284 g/mol. The molecule has 0 saturated heterocycles. The highest BCUT2D eigenvalue weighted by Gasteiger charge is 2.07. The Hall–Kier alpha value is -2.88. The summed E-state index contributed by atoms with van der Waals surface area (Å²) < 4.78 is 0. The molecule has 0 aliphatic rings. The van der Waals surface area contributed by atoms with Gasteiger partial charge in [-0.05, 0) is 36.2 Å². The molecule has 23 heavy (non-hydrogen) atoms. The third-order valence-corrected chi connectivity index (χ3v) is 3.77. The molecule has 4 nitrogen and oxygen atoms in total. The number of nitrogens with one attached hydrogen (secondary N) is 1. The van der Waals surface area contributed by atoms with Crippen LogP contribution in [0.5, 0.6) is 0 Å². The zero-order valence-electron chi connectivity index (χ0n) is 13.4. The first-order valence-electron chi connectivity index (χ1n) is 7.74. The van der Waals surface area contributed by atoms with Gasteiger partial charge in [0.15, 0.2) is 0 Å². The molecule has 0 aliphatic heterocycles. The summed E-state index contributed by atoms with van der Waals surface area (Å²) in [5.41, 5.74) is 3.39. The van der Waals surface area contributed by atoms with Crippen molar-refractivity contribution < 1.29 is 0 Å². The van der Waals surface area contributed by atoms with Gasteiger partial charge in [0.1, 0.15) is 5.82 Å². The number of aromatic nitrogens is 2. The average Bonchev–Trinajstić information content (AvgIpc) is 2.62. The fourth-order valence-corrected chi connectivity index (χ4v) is 2.45. The van der Waals surface area contributed by atoms with Gasteiger partial charge in [-0.25, -0.2) is 4.98 Å². The standard InChI is InChI=1S/C19H20N4/c1-3-15-9-7-8-12-17(15)21-19-20-14-13-18(22-19)23(2)16-10-5-4-6-11-16/h4-14H,3H2,1-2H3,(H,20,21,22). The molecule has 0 amide bonds. The summed E-state index contributed by atoms with van der Waals surface area (Å²) in [6, 6.07) is 20.3. The molecule has 4 heteroatoms. The third-order valence-electron chi connectivity index (χ3n) is 3.77. The van der Waals surface area contributed by atoms with Gasteiger partial charge in [-0.15, -0.1) is 0 Å². The van der Waals surface area contributed by atoms with Crippen LogP contribution >= 0.6 is 0 Å². The number of nitrogens with zero attached hydrogens (tertiary/aromatic N) is 3. The number of anilines is 4. The molecule has 3 aromatic rings. The molecular formula is C19H20N4. The zero-order chi connectivity index (χ0) is 16.1. The van der Waals surface area contributed by atoms with Gasteiger partial charge in [0.2, 0.25) is 5.95 Å². The number of benzene rings is 2. The van der Waals surface area contributed by atoms with Gasteiger partial charge in [0.25, 0.3) is 0 Å². The van der Waals surface area contributed by atoms with E-state index < -0.39 is 0 Å². The molecule has 1 heterocycles. The number of aryl methyl sites for hydroxylation is 1. The lowest BCUT2D eigenvalue weighted by molar-refractivity contribution is 1.08. The van der Waals surface area contributed by atoms with Crippen LogP contribution in [-0.2, 0) is 6.42 Å². The maximum Gasteiger partial charge on any atom is 0.229 e. The topological polar surface area (TPSA) is 41.1 Å². The predicted molar refractivity (Wildman–Crippen MR) is 95.6 cm³/mol. The minimum Gasteiger partial charge on any atom is -0.329 e. The van der Waals surface area contributed by atoms with Gasteiger partial charge < -0.3 is 10.2 Å². The highest BCUT2D eigenvalue weighted by atomic mass is 15.2. The number of rotatable bonds is 5. The Kier molecular flexibility index (Phi) is 4.52. The molecule has 116 valence electrons. The van der Waals surface area contributed by atoms with Crippen LogP contribution in [0, 0.1) is 0 Å². The fraction of sp³-hybridized carbons (Fsp3) is 0.158. The van der Waals surface area contributed by atoms with E-state index in [1.807, 2.05) is 48.3 Å². The van der Waals surface area contributed by atoms with E-state index >= 15 is 0 Å².